The van der Waals surface area contributed by atoms with Crippen molar-refractivity contribution in [2.45, 2.75) is 13.3 Å². The molecule has 0 aliphatic rings. The fourth-order valence-electron chi connectivity index (χ4n) is 1.92. The molecule has 0 unspecified atom stereocenters. The third-order valence-electron chi connectivity index (χ3n) is 2.88. The van der Waals surface area contributed by atoms with Crippen LogP contribution in [0.1, 0.15) is 21.1 Å². The number of rotatable bonds is 6. The summed E-state index contributed by atoms with van der Waals surface area (Å²) >= 11 is 1.44. The number of carbonyl (C=O) groups excluding carboxylic acids is 1. The van der Waals surface area contributed by atoms with Crippen LogP contribution in [-0.4, -0.2) is 31.0 Å². The second kappa shape index (κ2) is 10.6. The smallest absolute Gasteiger partial charge is 0.263 e. The normalized spacial score (nSPS) is 9.55. The van der Waals surface area contributed by atoms with Gasteiger partial charge in [-0.15, -0.1) is 36.2 Å². The van der Waals surface area contributed by atoms with E-state index in [-0.39, 0.29) is 30.7 Å². The van der Waals surface area contributed by atoms with E-state index < -0.39 is 0 Å². The second-order valence-electron chi connectivity index (χ2n) is 4.49. The molecule has 2 rings (SSSR count). The molecule has 4 nitrogen and oxygen atoms in total. The van der Waals surface area contributed by atoms with Gasteiger partial charge in [-0.2, -0.15) is 0 Å². The predicted molar refractivity (Wildman–Crippen MR) is 97.7 cm³/mol. The van der Waals surface area contributed by atoms with Gasteiger partial charge < -0.3 is 10.6 Å². The summed E-state index contributed by atoms with van der Waals surface area (Å²) in [5.41, 5.74) is 1.76. The van der Waals surface area contributed by atoms with Crippen LogP contribution in [0.3, 0.4) is 0 Å². The first-order chi connectivity index (χ1) is 9.72. The number of halogens is 2. The van der Waals surface area contributed by atoms with E-state index in [1.54, 1.807) is 0 Å². The summed E-state index contributed by atoms with van der Waals surface area (Å²) < 4.78 is 0. The van der Waals surface area contributed by atoms with Gasteiger partial charge in [-0.25, -0.2) is 4.98 Å². The molecule has 0 saturated heterocycles. The number of aryl methyl sites for hydroxylation is 1. The molecule has 1 heterocycles. The lowest BCUT2D eigenvalue weighted by Crippen LogP contribution is -2.26. The molecule has 1 aromatic carbocycles. The SMILES string of the molecule is CNCCCNC(=O)c1sc(C)nc1-c1ccccc1.Cl.Cl. The molecule has 2 aromatic rings. The minimum atomic E-state index is -0.0365. The fourth-order valence-corrected chi connectivity index (χ4v) is 2.78. The van der Waals surface area contributed by atoms with Crippen molar-refractivity contribution in [3.05, 3.63) is 40.2 Å². The minimum absolute atomic E-state index is 0. The number of thiazole rings is 1. The molecule has 0 atom stereocenters. The van der Waals surface area contributed by atoms with Gasteiger partial charge in [0, 0.05) is 12.1 Å². The van der Waals surface area contributed by atoms with Crippen molar-refractivity contribution in [1.82, 2.24) is 15.6 Å². The van der Waals surface area contributed by atoms with Crippen molar-refractivity contribution in [3.8, 4) is 11.3 Å². The van der Waals surface area contributed by atoms with E-state index in [1.165, 1.54) is 11.3 Å². The van der Waals surface area contributed by atoms with Crippen LogP contribution in [0.15, 0.2) is 30.3 Å². The highest BCUT2D eigenvalue weighted by atomic mass is 35.5. The highest BCUT2D eigenvalue weighted by Crippen LogP contribution is 2.27. The maximum Gasteiger partial charge on any atom is 0.263 e. The molecule has 122 valence electrons. The Morgan fingerprint density at radius 1 is 1.18 bits per heavy atom. The molecule has 0 aliphatic carbocycles. The first kappa shape index (κ1) is 20.9. The number of hydrogen-bond donors (Lipinski definition) is 2. The first-order valence-corrected chi connectivity index (χ1v) is 7.49. The van der Waals surface area contributed by atoms with Gasteiger partial charge in [0.25, 0.3) is 5.91 Å². The lowest BCUT2D eigenvalue weighted by atomic mass is 10.1. The summed E-state index contributed by atoms with van der Waals surface area (Å²) in [4.78, 5) is 17.4. The van der Waals surface area contributed by atoms with Crippen LogP contribution in [0, 0.1) is 6.92 Å². The van der Waals surface area contributed by atoms with Gasteiger partial charge in [0.15, 0.2) is 0 Å². The molecule has 0 bridgehead atoms. The van der Waals surface area contributed by atoms with Crippen molar-refractivity contribution in [3.63, 3.8) is 0 Å². The maximum atomic E-state index is 12.3. The van der Waals surface area contributed by atoms with Crippen LogP contribution in [0.25, 0.3) is 11.3 Å². The summed E-state index contributed by atoms with van der Waals surface area (Å²) in [7, 11) is 1.90. The lowest BCUT2D eigenvalue weighted by molar-refractivity contribution is 0.0958. The topological polar surface area (TPSA) is 54.0 Å². The Balaban J connectivity index is 0.00000220. The Kier molecular flexibility index (Phi) is 10.0. The maximum absolute atomic E-state index is 12.3. The van der Waals surface area contributed by atoms with Gasteiger partial charge in [-0.1, -0.05) is 30.3 Å². The molecule has 1 amide bonds. The molecule has 0 aliphatic heterocycles. The number of benzene rings is 1. The van der Waals surface area contributed by atoms with Crippen molar-refractivity contribution in [2.75, 3.05) is 20.1 Å². The quantitative estimate of drug-likeness (QED) is 0.776. The Labute approximate surface area is 147 Å². The van der Waals surface area contributed by atoms with Gasteiger partial charge in [0.1, 0.15) is 4.88 Å². The molecule has 0 saturated carbocycles. The van der Waals surface area contributed by atoms with Crippen LogP contribution in [0.5, 0.6) is 0 Å². The molecule has 0 fully saturated rings. The van der Waals surface area contributed by atoms with Crippen LogP contribution >= 0.6 is 36.2 Å². The van der Waals surface area contributed by atoms with E-state index in [9.17, 15) is 4.79 Å². The number of aromatic nitrogens is 1. The zero-order chi connectivity index (χ0) is 14.4. The average molecular weight is 362 g/mol. The first-order valence-electron chi connectivity index (χ1n) is 6.68. The lowest BCUT2D eigenvalue weighted by Gasteiger charge is -2.05. The van der Waals surface area contributed by atoms with Crippen molar-refractivity contribution in [2.24, 2.45) is 0 Å². The summed E-state index contributed by atoms with van der Waals surface area (Å²) in [6.45, 7) is 3.49. The number of nitrogens with zero attached hydrogens (tertiary/aromatic N) is 1. The second-order valence-corrected chi connectivity index (χ2v) is 5.69. The monoisotopic (exact) mass is 361 g/mol. The van der Waals surface area contributed by atoms with Crippen LogP contribution in [0.2, 0.25) is 0 Å². The largest absolute Gasteiger partial charge is 0.351 e. The van der Waals surface area contributed by atoms with Crippen LogP contribution < -0.4 is 10.6 Å². The zero-order valence-corrected chi connectivity index (χ0v) is 15.0. The number of hydrogen-bond acceptors (Lipinski definition) is 4. The van der Waals surface area contributed by atoms with E-state index in [4.69, 9.17) is 0 Å². The fraction of sp³-hybridized carbons (Fsp3) is 0.333. The minimum Gasteiger partial charge on any atom is -0.351 e. The standard InChI is InChI=1S/C15H19N3OS.2ClH/c1-11-18-13(12-7-4-3-5-8-12)14(20-11)15(19)17-10-6-9-16-2;;/h3-5,7-8,16H,6,9-10H2,1-2H3,(H,17,19);2*1H. The van der Waals surface area contributed by atoms with Gasteiger partial charge in [-0.05, 0) is 26.9 Å². The Morgan fingerprint density at radius 3 is 2.50 bits per heavy atom. The summed E-state index contributed by atoms with van der Waals surface area (Å²) in [5.74, 6) is -0.0365. The molecule has 0 spiro atoms. The van der Waals surface area contributed by atoms with Gasteiger partial charge in [0.05, 0.1) is 10.7 Å². The summed E-state index contributed by atoms with van der Waals surface area (Å²) in [6, 6.07) is 9.83. The van der Waals surface area contributed by atoms with Crippen molar-refractivity contribution < 1.29 is 4.79 Å². The Hall–Kier alpha value is -1.14. The highest BCUT2D eigenvalue weighted by Gasteiger charge is 2.17. The van der Waals surface area contributed by atoms with Crippen LogP contribution in [-0.2, 0) is 0 Å². The molecule has 1 aromatic heterocycles. The molecular formula is C15H21Cl2N3OS. The summed E-state index contributed by atoms with van der Waals surface area (Å²) in [5, 5.41) is 6.92. The van der Waals surface area contributed by atoms with Crippen molar-refractivity contribution >= 4 is 42.1 Å². The van der Waals surface area contributed by atoms with E-state index in [1.807, 2.05) is 44.3 Å². The van der Waals surface area contributed by atoms with Crippen molar-refractivity contribution in [1.29, 1.82) is 0 Å². The van der Waals surface area contributed by atoms with E-state index in [2.05, 4.69) is 15.6 Å². The van der Waals surface area contributed by atoms with E-state index in [0.717, 1.165) is 29.2 Å². The number of carbonyl (C=O) groups is 1. The average Bonchev–Trinajstić information content (AvgIpc) is 2.86. The zero-order valence-electron chi connectivity index (χ0n) is 12.6. The third-order valence-corrected chi connectivity index (χ3v) is 3.85. The highest BCUT2D eigenvalue weighted by molar-refractivity contribution is 7.14. The van der Waals surface area contributed by atoms with E-state index >= 15 is 0 Å². The molecule has 0 radical (unpaired) electrons. The van der Waals surface area contributed by atoms with Crippen LogP contribution in [0.4, 0.5) is 0 Å². The summed E-state index contributed by atoms with van der Waals surface area (Å²) in [6.07, 6.45) is 0.917. The Bertz CT molecular complexity index is 575. The van der Waals surface area contributed by atoms with Gasteiger partial charge in [-0.3, -0.25) is 4.79 Å². The van der Waals surface area contributed by atoms with E-state index in [0.29, 0.717) is 11.4 Å². The van der Waals surface area contributed by atoms with Gasteiger partial charge in [0.2, 0.25) is 0 Å². The third kappa shape index (κ3) is 5.57. The molecule has 7 heteroatoms. The number of amides is 1. The molecular weight excluding hydrogens is 341 g/mol. The molecule has 22 heavy (non-hydrogen) atoms. The predicted octanol–water partition coefficient (Wildman–Crippen LogP) is 3.30. The number of nitrogens with one attached hydrogen (secondary N) is 2. The molecule has 2 N–H and O–H groups in total. The van der Waals surface area contributed by atoms with Gasteiger partial charge >= 0.3 is 0 Å². The Morgan fingerprint density at radius 2 is 1.86 bits per heavy atom.